The number of aromatic nitrogens is 2. The number of hydrogen-bond acceptors (Lipinski definition) is 14. The highest BCUT2D eigenvalue weighted by molar-refractivity contribution is 5.11. The standard InChI is InChI=1S/C45H82N2O12/c1-7-12-17-18-23-28-42(52)59-44(37-30-46-32-54-37)45-47-34(31-53-45)35(56-39(49)25-20-14-9-3)29-36(57-40(50)26-21-15-10-4)43(58-41(51)27-22-16-11-5)33(6)55-38(48)24-19-13-8-2/h30-33,35-36,38-44,48-52H,7-29H2,1-6H3. The van der Waals surface area contributed by atoms with Gasteiger partial charge in [0.1, 0.15) is 24.2 Å². The maximum atomic E-state index is 11.3. The molecule has 0 radical (unpaired) electrons. The van der Waals surface area contributed by atoms with Crippen LogP contribution in [0.25, 0.3) is 0 Å². The summed E-state index contributed by atoms with van der Waals surface area (Å²) in [5.41, 5.74) is 0.293. The van der Waals surface area contributed by atoms with Gasteiger partial charge >= 0.3 is 0 Å². The molecule has 2 aromatic heterocycles. The third-order valence-corrected chi connectivity index (χ3v) is 10.5. The predicted octanol–water partition coefficient (Wildman–Crippen LogP) is 9.67. The summed E-state index contributed by atoms with van der Waals surface area (Å²) in [6.45, 7) is 12.2. The Bertz CT molecular complexity index is 1240. The molecule has 0 aliphatic carbocycles. The first-order valence-electron chi connectivity index (χ1n) is 23.1. The first kappa shape index (κ1) is 53.2. The SMILES string of the molecule is CCCCCCCC(O)OC(c1cnco1)c1nc(C(CC(OC(O)CCCCC)C(OC(O)CCCCC)C(C)OC(O)CCCCC)OC(O)CCCCC)co1. The van der Waals surface area contributed by atoms with Crippen molar-refractivity contribution in [3.8, 4) is 0 Å². The average molecular weight is 843 g/mol. The first-order valence-corrected chi connectivity index (χ1v) is 23.1. The Hall–Kier alpha value is -1.98. The summed E-state index contributed by atoms with van der Waals surface area (Å²) in [5, 5.41) is 55.5. The molecule has 0 spiro atoms. The zero-order valence-electron chi connectivity index (χ0n) is 37.3. The van der Waals surface area contributed by atoms with Gasteiger partial charge in [-0.05, 0) is 71.1 Å². The summed E-state index contributed by atoms with van der Waals surface area (Å²) in [7, 11) is 0. The van der Waals surface area contributed by atoms with Gasteiger partial charge in [0, 0.05) is 6.42 Å². The molecule has 14 heteroatoms. The molecule has 0 amide bonds. The molecule has 0 aromatic carbocycles. The van der Waals surface area contributed by atoms with E-state index in [1.54, 1.807) is 6.92 Å². The molecule has 0 aliphatic heterocycles. The second kappa shape index (κ2) is 32.7. The number of aliphatic hydroxyl groups is 5. The van der Waals surface area contributed by atoms with Gasteiger partial charge in [-0.15, -0.1) is 0 Å². The number of aliphatic hydroxyl groups excluding tert-OH is 5. The second-order valence-corrected chi connectivity index (χ2v) is 16.0. The minimum atomic E-state index is -1.19. The molecule has 0 bridgehead atoms. The zero-order chi connectivity index (χ0) is 43.3. The van der Waals surface area contributed by atoms with Crippen molar-refractivity contribution < 1.29 is 58.1 Å². The van der Waals surface area contributed by atoms with Gasteiger partial charge in [-0.3, -0.25) is 0 Å². The number of ether oxygens (including phenoxy) is 5. The molecule has 0 fully saturated rings. The van der Waals surface area contributed by atoms with E-state index >= 15 is 0 Å². The van der Waals surface area contributed by atoms with Gasteiger partial charge in [0.25, 0.3) is 0 Å². The lowest BCUT2D eigenvalue weighted by Crippen LogP contribution is -2.47. The Balaban J connectivity index is 2.55. The van der Waals surface area contributed by atoms with E-state index in [9.17, 15) is 25.5 Å². The topological polar surface area (TPSA) is 199 Å². The molecule has 14 nitrogen and oxygen atoms in total. The van der Waals surface area contributed by atoms with E-state index in [4.69, 9.17) is 37.5 Å². The van der Waals surface area contributed by atoms with Gasteiger partial charge in [-0.25, -0.2) is 9.97 Å². The van der Waals surface area contributed by atoms with E-state index in [1.165, 1.54) is 18.9 Å². The van der Waals surface area contributed by atoms with Crippen molar-refractivity contribution in [2.45, 2.75) is 251 Å². The normalized spacial score (nSPS) is 17.3. The quantitative estimate of drug-likeness (QED) is 0.0315. The number of nitrogens with zero attached hydrogens (tertiary/aromatic N) is 2. The summed E-state index contributed by atoms with van der Waals surface area (Å²) in [5.74, 6) is 0.366. The van der Waals surface area contributed by atoms with Gasteiger partial charge < -0.3 is 58.1 Å². The van der Waals surface area contributed by atoms with E-state index in [0.717, 1.165) is 109 Å². The summed E-state index contributed by atoms with van der Waals surface area (Å²) >= 11 is 0. The largest absolute Gasteiger partial charge is 0.445 e. The van der Waals surface area contributed by atoms with Crippen LogP contribution in [0.2, 0.25) is 0 Å². The summed E-state index contributed by atoms with van der Waals surface area (Å²) < 4.78 is 42.9. The molecule has 10 unspecified atom stereocenters. The van der Waals surface area contributed by atoms with Crippen molar-refractivity contribution in [3.05, 3.63) is 36.2 Å². The van der Waals surface area contributed by atoms with Gasteiger partial charge in [-0.1, -0.05) is 112 Å². The molecule has 2 rings (SSSR count). The fourth-order valence-corrected chi connectivity index (χ4v) is 6.99. The van der Waals surface area contributed by atoms with Crippen molar-refractivity contribution in [3.63, 3.8) is 0 Å². The Morgan fingerprint density at radius 3 is 1.53 bits per heavy atom. The lowest BCUT2D eigenvalue weighted by Gasteiger charge is -2.36. The van der Waals surface area contributed by atoms with E-state index in [-0.39, 0.29) is 18.1 Å². The summed E-state index contributed by atoms with van der Waals surface area (Å²) in [6.07, 6.45) is 11.2. The molecular weight excluding hydrogens is 760 g/mol. The molecule has 0 saturated heterocycles. The van der Waals surface area contributed by atoms with E-state index in [1.807, 2.05) is 0 Å². The Labute approximate surface area is 354 Å². The van der Waals surface area contributed by atoms with Gasteiger partial charge in [0.15, 0.2) is 49.7 Å². The Morgan fingerprint density at radius 1 is 0.542 bits per heavy atom. The molecule has 59 heavy (non-hydrogen) atoms. The smallest absolute Gasteiger partial charge is 0.231 e. The maximum Gasteiger partial charge on any atom is 0.231 e. The molecule has 10 atom stereocenters. The van der Waals surface area contributed by atoms with Gasteiger partial charge in [0.2, 0.25) is 5.89 Å². The van der Waals surface area contributed by atoms with Crippen LogP contribution in [-0.4, -0.2) is 85.3 Å². The van der Waals surface area contributed by atoms with Gasteiger partial charge in [-0.2, -0.15) is 0 Å². The van der Waals surface area contributed by atoms with Crippen LogP contribution in [0.1, 0.15) is 219 Å². The Morgan fingerprint density at radius 2 is 1.00 bits per heavy atom. The van der Waals surface area contributed by atoms with E-state index in [2.05, 4.69) is 39.6 Å². The molecule has 344 valence electrons. The molecular formula is C45H82N2O12. The number of unbranched alkanes of at least 4 members (excludes halogenated alkanes) is 12. The molecule has 0 saturated carbocycles. The minimum absolute atomic E-state index is 0.0121. The van der Waals surface area contributed by atoms with Crippen molar-refractivity contribution in [2.75, 3.05) is 0 Å². The Kier molecular flexibility index (Phi) is 29.5. The maximum absolute atomic E-state index is 11.3. The average Bonchev–Trinajstić information content (AvgIpc) is 3.93. The zero-order valence-corrected chi connectivity index (χ0v) is 37.3. The van der Waals surface area contributed by atoms with Crippen molar-refractivity contribution in [2.24, 2.45) is 0 Å². The fraction of sp³-hybridized carbons (Fsp3) is 0.867. The predicted molar refractivity (Wildman–Crippen MR) is 225 cm³/mol. The third-order valence-electron chi connectivity index (χ3n) is 10.5. The van der Waals surface area contributed by atoms with Crippen LogP contribution < -0.4 is 0 Å². The lowest BCUT2D eigenvalue weighted by atomic mass is 10.00. The lowest BCUT2D eigenvalue weighted by molar-refractivity contribution is -0.264. The van der Waals surface area contributed by atoms with Crippen LogP contribution in [0, 0.1) is 0 Å². The number of hydrogen-bond donors (Lipinski definition) is 5. The van der Waals surface area contributed by atoms with Crippen LogP contribution in [0.5, 0.6) is 0 Å². The van der Waals surface area contributed by atoms with E-state index in [0.29, 0.717) is 37.8 Å². The molecule has 2 heterocycles. The highest BCUT2D eigenvalue weighted by atomic mass is 16.7. The molecule has 5 N–H and O–H groups in total. The van der Waals surface area contributed by atoms with Gasteiger partial charge in [0.05, 0.1) is 18.4 Å². The van der Waals surface area contributed by atoms with Crippen molar-refractivity contribution in [1.29, 1.82) is 0 Å². The number of rotatable bonds is 39. The van der Waals surface area contributed by atoms with Crippen LogP contribution >= 0.6 is 0 Å². The second-order valence-electron chi connectivity index (χ2n) is 16.0. The first-order chi connectivity index (χ1) is 28.6. The molecule has 0 aliphatic rings. The number of oxazole rings is 2. The highest BCUT2D eigenvalue weighted by Crippen LogP contribution is 2.34. The van der Waals surface area contributed by atoms with Crippen LogP contribution in [0.3, 0.4) is 0 Å². The summed E-state index contributed by atoms with van der Waals surface area (Å²) in [4.78, 5) is 8.83. The third kappa shape index (κ3) is 22.6. The van der Waals surface area contributed by atoms with Crippen LogP contribution in [0.4, 0.5) is 0 Å². The summed E-state index contributed by atoms with van der Waals surface area (Å²) in [6, 6.07) is 0. The van der Waals surface area contributed by atoms with Crippen LogP contribution in [0.15, 0.2) is 27.7 Å². The van der Waals surface area contributed by atoms with E-state index < -0.39 is 62.0 Å². The fourth-order valence-electron chi connectivity index (χ4n) is 6.99. The van der Waals surface area contributed by atoms with Crippen molar-refractivity contribution >= 4 is 0 Å². The molecule has 2 aromatic rings. The highest BCUT2D eigenvalue weighted by Gasteiger charge is 2.38. The van der Waals surface area contributed by atoms with Crippen molar-refractivity contribution in [1.82, 2.24) is 9.97 Å². The monoisotopic (exact) mass is 843 g/mol. The minimum Gasteiger partial charge on any atom is -0.445 e. The van der Waals surface area contributed by atoms with Crippen LogP contribution in [-0.2, 0) is 23.7 Å².